The summed E-state index contributed by atoms with van der Waals surface area (Å²) in [6, 6.07) is 5.28. The van der Waals surface area contributed by atoms with Gasteiger partial charge < -0.3 is 15.4 Å². The van der Waals surface area contributed by atoms with Gasteiger partial charge in [-0.25, -0.2) is 0 Å². The molecule has 1 aromatic carbocycles. The Morgan fingerprint density at radius 2 is 2.19 bits per heavy atom. The highest BCUT2D eigenvalue weighted by atomic mass is 35.5. The van der Waals surface area contributed by atoms with Crippen molar-refractivity contribution in [1.82, 2.24) is 5.32 Å². The highest BCUT2D eigenvalue weighted by Crippen LogP contribution is 2.22. The third kappa shape index (κ3) is 5.91. The second-order valence-corrected chi connectivity index (χ2v) is 4.56. The van der Waals surface area contributed by atoms with Crippen LogP contribution in [0, 0.1) is 0 Å². The Balaban J connectivity index is 0.00000220. The van der Waals surface area contributed by atoms with Gasteiger partial charge in [-0.15, -0.1) is 12.4 Å². The summed E-state index contributed by atoms with van der Waals surface area (Å²) in [7, 11) is 0. The molecule has 1 saturated heterocycles. The van der Waals surface area contributed by atoms with Crippen molar-refractivity contribution < 1.29 is 22.7 Å². The SMILES string of the molecule is Cl.O=C(Nc1cccc(CC(F)(F)F)c1)C1COCCN1. The lowest BCUT2D eigenvalue weighted by atomic mass is 10.1. The Bertz CT molecular complexity index is 477. The molecule has 0 bridgehead atoms. The van der Waals surface area contributed by atoms with Crippen LogP contribution in [0.5, 0.6) is 0 Å². The molecule has 21 heavy (non-hydrogen) atoms. The number of rotatable bonds is 3. The topological polar surface area (TPSA) is 50.4 Å². The van der Waals surface area contributed by atoms with Crippen molar-refractivity contribution in [3.8, 4) is 0 Å². The summed E-state index contributed by atoms with van der Waals surface area (Å²) in [5.74, 6) is -0.311. The minimum atomic E-state index is -4.26. The van der Waals surface area contributed by atoms with Crippen LogP contribution in [-0.2, 0) is 16.0 Å². The molecule has 1 aliphatic rings. The molecule has 0 spiro atoms. The molecule has 4 nitrogen and oxygen atoms in total. The van der Waals surface area contributed by atoms with E-state index in [2.05, 4.69) is 10.6 Å². The van der Waals surface area contributed by atoms with Gasteiger partial charge in [0.05, 0.1) is 19.6 Å². The minimum Gasteiger partial charge on any atom is -0.378 e. The van der Waals surface area contributed by atoms with Gasteiger partial charge >= 0.3 is 6.18 Å². The fourth-order valence-electron chi connectivity index (χ4n) is 1.95. The van der Waals surface area contributed by atoms with Crippen molar-refractivity contribution >= 4 is 24.0 Å². The van der Waals surface area contributed by atoms with Gasteiger partial charge in [-0.05, 0) is 17.7 Å². The largest absolute Gasteiger partial charge is 0.393 e. The Labute approximate surface area is 126 Å². The van der Waals surface area contributed by atoms with Crippen LogP contribution in [0.3, 0.4) is 0 Å². The molecule has 8 heteroatoms. The minimum absolute atomic E-state index is 0. The van der Waals surface area contributed by atoms with Crippen LogP contribution in [-0.4, -0.2) is 37.9 Å². The maximum absolute atomic E-state index is 12.3. The van der Waals surface area contributed by atoms with Gasteiger partial charge in [0, 0.05) is 12.2 Å². The van der Waals surface area contributed by atoms with Gasteiger partial charge in [0.15, 0.2) is 0 Å². The molecular weight excluding hydrogens is 309 g/mol. The second-order valence-electron chi connectivity index (χ2n) is 4.56. The number of alkyl halides is 3. The van der Waals surface area contributed by atoms with E-state index in [9.17, 15) is 18.0 Å². The first kappa shape index (κ1) is 17.7. The molecule has 1 heterocycles. The molecule has 1 fully saturated rings. The quantitative estimate of drug-likeness (QED) is 0.895. The predicted molar refractivity (Wildman–Crippen MR) is 74.7 cm³/mol. The fourth-order valence-corrected chi connectivity index (χ4v) is 1.95. The van der Waals surface area contributed by atoms with E-state index < -0.39 is 18.6 Å². The van der Waals surface area contributed by atoms with Crippen LogP contribution in [0.15, 0.2) is 24.3 Å². The molecular formula is C13H16ClF3N2O2. The van der Waals surface area contributed by atoms with Crippen molar-refractivity contribution in [2.45, 2.75) is 18.6 Å². The summed E-state index contributed by atoms with van der Waals surface area (Å²) >= 11 is 0. The number of hydrogen-bond acceptors (Lipinski definition) is 3. The lowest BCUT2D eigenvalue weighted by Crippen LogP contribution is -2.48. The molecule has 2 rings (SSSR count). The van der Waals surface area contributed by atoms with Crippen LogP contribution in [0.4, 0.5) is 18.9 Å². The van der Waals surface area contributed by atoms with Crippen molar-refractivity contribution in [1.29, 1.82) is 0 Å². The van der Waals surface area contributed by atoms with E-state index in [1.165, 1.54) is 18.2 Å². The van der Waals surface area contributed by atoms with Crippen LogP contribution in [0.2, 0.25) is 0 Å². The molecule has 0 saturated carbocycles. The standard InChI is InChI=1S/C13H15F3N2O2.ClH/c14-13(15,16)7-9-2-1-3-10(6-9)18-12(19)11-8-20-5-4-17-11;/h1-3,6,11,17H,4-5,7-8H2,(H,18,19);1H. The van der Waals surface area contributed by atoms with E-state index in [-0.39, 0.29) is 30.5 Å². The first-order valence-electron chi connectivity index (χ1n) is 6.22. The molecule has 2 N–H and O–H groups in total. The highest BCUT2D eigenvalue weighted by molar-refractivity contribution is 5.95. The number of ether oxygens (including phenoxy) is 1. The summed E-state index contributed by atoms with van der Waals surface area (Å²) in [5.41, 5.74) is 0.465. The average molecular weight is 325 g/mol. The lowest BCUT2D eigenvalue weighted by Gasteiger charge is -2.23. The van der Waals surface area contributed by atoms with Crippen molar-refractivity contribution in [2.24, 2.45) is 0 Å². The van der Waals surface area contributed by atoms with Crippen molar-refractivity contribution in [3.63, 3.8) is 0 Å². The van der Waals surface area contributed by atoms with Crippen LogP contribution < -0.4 is 10.6 Å². The van der Waals surface area contributed by atoms with E-state index >= 15 is 0 Å². The van der Waals surface area contributed by atoms with Gasteiger partial charge in [-0.2, -0.15) is 13.2 Å². The molecule has 0 radical (unpaired) electrons. The zero-order valence-corrected chi connectivity index (χ0v) is 11.9. The van der Waals surface area contributed by atoms with E-state index in [0.29, 0.717) is 18.8 Å². The number of benzene rings is 1. The number of anilines is 1. The summed E-state index contributed by atoms with van der Waals surface area (Å²) < 4.78 is 42.1. The number of morpholine rings is 1. The van der Waals surface area contributed by atoms with Crippen LogP contribution >= 0.6 is 12.4 Å². The summed E-state index contributed by atoms with van der Waals surface area (Å²) in [4.78, 5) is 11.9. The monoisotopic (exact) mass is 324 g/mol. The highest BCUT2D eigenvalue weighted by Gasteiger charge is 2.27. The normalized spacial score (nSPS) is 18.7. The Morgan fingerprint density at radius 3 is 2.81 bits per heavy atom. The summed E-state index contributed by atoms with van der Waals surface area (Å²) in [5, 5.41) is 5.56. The van der Waals surface area contributed by atoms with Crippen molar-refractivity contribution in [2.75, 3.05) is 25.1 Å². The predicted octanol–water partition coefficient (Wildman–Crippen LogP) is 2.14. The molecule has 1 atom stereocenters. The van der Waals surface area contributed by atoms with Gasteiger partial charge in [0.1, 0.15) is 6.04 Å². The Hall–Kier alpha value is -1.31. The summed E-state index contributed by atoms with van der Waals surface area (Å²) in [6.45, 7) is 1.38. The molecule has 1 aliphatic heterocycles. The number of carbonyl (C=O) groups excluding carboxylic acids is 1. The van der Waals surface area contributed by atoms with E-state index in [4.69, 9.17) is 4.74 Å². The number of nitrogens with one attached hydrogen (secondary N) is 2. The van der Waals surface area contributed by atoms with E-state index in [1.54, 1.807) is 6.07 Å². The number of hydrogen-bond donors (Lipinski definition) is 2. The molecule has 0 aliphatic carbocycles. The molecule has 1 unspecified atom stereocenters. The molecule has 1 aromatic rings. The molecule has 1 amide bonds. The third-order valence-corrected chi connectivity index (χ3v) is 2.84. The van der Waals surface area contributed by atoms with Crippen molar-refractivity contribution in [3.05, 3.63) is 29.8 Å². The molecule has 118 valence electrons. The van der Waals surface area contributed by atoms with Gasteiger partial charge in [0.25, 0.3) is 0 Å². The van der Waals surface area contributed by atoms with Gasteiger partial charge in [-0.1, -0.05) is 12.1 Å². The Morgan fingerprint density at radius 1 is 1.43 bits per heavy atom. The maximum Gasteiger partial charge on any atom is 0.393 e. The van der Waals surface area contributed by atoms with Gasteiger partial charge in [-0.3, -0.25) is 4.79 Å². The van der Waals surface area contributed by atoms with Crippen LogP contribution in [0.25, 0.3) is 0 Å². The zero-order valence-electron chi connectivity index (χ0n) is 11.1. The summed E-state index contributed by atoms with van der Waals surface area (Å²) in [6.07, 6.45) is -5.27. The number of halogens is 4. The zero-order chi connectivity index (χ0) is 14.6. The number of amides is 1. The second kappa shape index (κ2) is 7.63. The average Bonchev–Trinajstić information content (AvgIpc) is 2.38. The fraction of sp³-hybridized carbons (Fsp3) is 0.462. The van der Waals surface area contributed by atoms with E-state index in [0.717, 1.165) is 0 Å². The Kier molecular flexibility index (Phi) is 6.44. The smallest absolute Gasteiger partial charge is 0.378 e. The first-order valence-corrected chi connectivity index (χ1v) is 6.22. The van der Waals surface area contributed by atoms with Crippen LogP contribution in [0.1, 0.15) is 5.56 Å². The number of carbonyl (C=O) groups is 1. The maximum atomic E-state index is 12.3. The lowest BCUT2D eigenvalue weighted by molar-refractivity contribution is -0.127. The third-order valence-electron chi connectivity index (χ3n) is 2.84. The molecule has 0 aromatic heterocycles. The van der Waals surface area contributed by atoms with Gasteiger partial charge in [0.2, 0.25) is 5.91 Å². The van der Waals surface area contributed by atoms with E-state index in [1.807, 2.05) is 0 Å². The first-order chi connectivity index (χ1) is 9.44.